The molecule has 2 rings (SSSR count). The average Bonchev–Trinajstić information content (AvgIpc) is 2.52. The van der Waals surface area contributed by atoms with Gasteiger partial charge in [-0.25, -0.2) is 4.79 Å². The molecule has 0 saturated heterocycles. The Kier molecular flexibility index (Phi) is 5.80. The molecule has 0 unspecified atom stereocenters. The lowest BCUT2D eigenvalue weighted by atomic mass is 10.2. The van der Waals surface area contributed by atoms with Crippen molar-refractivity contribution >= 4 is 6.09 Å². The summed E-state index contributed by atoms with van der Waals surface area (Å²) < 4.78 is 5.74. The highest BCUT2D eigenvalue weighted by atomic mass is 16.5. The van der Waals surface area contributed by atoms with Gasteiger partial charge in [0.15, 0.2) is 0 Å². The molecule has 0 aliphatic rings. The van der Waals surface area contributed by atoms with Crippen molar-refractivity contribution < 1.29 is 19.7 Å². The first-order valence-corrected chi connectivity index (χ1v) is 7.09. The summed E-state index contributed by atoms with van der Waals surface area (Å²) in [5.74, 6) is 1.39. The van der Waals surface area contributed by atoms with Crippen LogP contribution in [0.15, 0.2) is 54.6 Å². The van der Waals surface area contributed by atoms with Gasteiger partial charge >= 0.3 is 6.09 Å². The Morgan fingerprint density at radius 3 is 2.45 bits per heavy atom. The molecule has 0 aromatic heterocycles. The number of carbonyl (C=O) groups is 1. The van der Waals surface area contributed by atoms with Crippen LogP contribution in [0.1, 0.15) is 12.0 Å². The SMILES string of the molecule is O=C(O)N(CCCO)Cc1cccc(Oc2ccccc2)c1. The number of nitrogens with zero attached hydrogens (tertiary/aromatic N) is 1. The summed E-state index contributed by atoms with van der Waals surface area (Å²) in [5.41, 5.74) is 0.841. The van der Waals surface area contributed by atoms with E-state index >= 15 is 0 Å². The van der Waals surface area contributed by atoms with Crippen LogP contribution in [0.5, 0.6) is 11.5 Å². The molecule has 0 aliphatic heterocycles. The van der Waals surface area contributed by atoms with Crippen molar-refractivity contribution in [3.05, 3.63) is 60.2 Å². The molecule has 2 aromatic rings. The molecule has 0 atom stereocenters. The van der Waals surface area contributed by atoms with Crippen LogP contribution in [0.25, 0.3) is 0 Å². The standard InChI is InChI=1S/C17H19NO4/c19-11-5-10-18(17(20)21)13-14-6-4-9-16(12-14)22-15-7-2-1-3-8-15/h1-4,6-9,12,19H,5,10-11,13H2,(H,20,21). The molecule has 0 fully saturated rings. The predicted octanol–water partition coefficient (Wildman–Crippen LogP) is 3.34. The number of benzene rings is 2. The number of carboxylic acid groups (broad SMARTS) is 1. The summed E-state index contributed by atoms with van der Waals surface area (Å²) in [7, 11) is 0. The van der Waals surface area contributed by atoms with Crippen LogP contribution in [0.3, 0.4) is 0 Å². The third-order valence-corrected chi connectivity index (χ3v) is 3.11. The van der Waals surface area contributed by atoms with Crippen molar-refractivity contribution in [3.63, 3.8) is 0 Å². The molecular weight excluding hydrogens is 282 g/mol. The zero-order valence-electron chi connectivity index (χ0n) is 12.2. The lowest BCUT2D eigenvalue weighted by Gasteiger charge is -2.19. The van der Waals surface area contributed by atoms with E-state index < -0.39 is 6.09 Å². The highest BCUT2D eigenvalue weighted by Gasteiger charge is 2.12. The maximum atomic E-state index is 11.2. The van der Waals surface area contributed by atoms with Crippen LogP contribution >= 0.6 is 0 Å². The summed E-state index contributed by atoms with van der Waals surface area (Å²) in [4.78, 5) is 12.5. The fraction of sp³-hybridized carbons (Fsp3) is 0.235. The van der Waals surface area contributed by atoms with E-state index in [9.17, 15) is 9.90 Å². The molecule has 0 heterocycles. The molecule has 0 spiro atoms. The number of para-hydroxylation sites is 1. The first-order valence-electron chi connectivity index (χ1n) is 7.09. The second-order valence-corrected chi connectivity index (χ2v) is 4.84. The summed E-state index contributed by atoms with van der Waals surface area (Å²) in [6.45, 7) is 0.540. The molecule has 2 aromatic carbocycles. The van der Waals surface area contributed by atoms with Gasteiger partial charge in [-0.05, 0) is 36.2 Å². The topological polar surface area (TPSA) is 70.0 Å². The van der Waals surface area contributed by atoms with Gasteiger partial charge in [0.2, 0.25) is 0 Å². The van der Waals surface area contributed by atoms with Gasteiger partial charge in [-0.2, -0.15) is 0 Å². The summed E-state index contributed by atoms with van der Waals surface area (Å²) in [5, 5.41) is 18.0. The molecule has 0 saturated carbocycles. The van der Waals surface area contributed by atoms with Crippen molar-refractivity contribution in [3.8, 4) is 11.5 Å². The molecule has 116 valence electrons. The van der Waals surface area contributed by atoms with Gasteiger partial charge in [0.25, 0.3) is 0 Å². The van der Waals surface area contributed by atoms with Gasteiger partial charge in [0.1, 0.15) is 11.5 Å². The van der Waals surface area contributed by atoms with E-state index in [2.05, 4.69) is 0 Å². The highest BCUT2D eigenvalue weighted by Crippen LogP contribution is 2.22. The van der Waals surface area contributed by atoms with Gasteiger partial charge < -0.3 is 19.8 Å². The van der Waals surface area contributed by atoms with Crippen molar-refractivity contribution in [2.24, 2.45) is 0 Å². The van der Waals surface area contributed by atoms with Gasteiger partial charge in [-0.1, -0.05) is 30.3 Å². The van der Waals surface area contributed by atoms with Crippen LogP contribution in [0.2, 0.25) is 0 Å². The van der Waals surface area contributed by atoms with E-state index in [4.69, 9.17) is 9.84 Å². The third-order valence-electron chi connectivity index (χ3n) is 3.11. The smallest absolute Gasteiger partial charge is 0.407 e. The maximum absolute atomic E-state index is 11.2. The van der Waals surface area contributed by atoms with E-state index in [-0.39, 0.29) is 13.2 Å². The Morgan fingerprint density at radius 2 is 1.77 bits per heavy atom. The molecule has 0 aliphatic carbocycles. The zero-order valence-corrected chi connectivity index (χ0v) is 12.2. The minimum Gasteiger partial charge on any atom is -0.465 e. The fourth-order valence-corrected chi connectivity index (χ4v) is 2.06. The molecule has 5 heteroatoms. The average molecular weight is 301 g/mol. The van der Waals surface area contributed by atoms with Gasteiger partial charge in [-0.3, -0.25) is 0 Å². The van der Waals surface area contributed by atoms with Crippen LogP contribution in [-0.2, 0) is 6.54 Å². The third kappa shape index (κ3) is 4.79. The van der Waals surface area contributed by atoms with E-state index in [0.29, 0.717) is 18.7 Å². The minimum atomic E-state index is -0.997. The monoisotopic (exact) mass is 301 g/mol. The Balaban J connectivity index is 2.05. The van der Waals surface area contributed by atoms with Crippen molar-refractivity contribution in [2.45, 2.75) is 13.0 Å². The predicted molar refractivity (Wildman–Crippen MR) is 83.1 cm³/mol. The Bertz CT molecular complexity index is 601. The zero-order chi connectivity index (χ0) is 15.8. The van der Waals surface area contributed by atoms with E-state index in [1.54, 1.807) is 0 Å². The van der Waals surface area contributed by atoms with Crippen LogP contribution < -0.4 is 4.74 Å². The summed E-state index contributed by atoms with van der Waals surface area (Å²) in [6, 6.07) is 16.7. The lowest BCUT2D eigenvalue weighted by molar-refractivity contribution is 0.137. The Morgan fingerprint density at radius 1 is 1.05 bits per heavy atom. The van der Waals surface area contributed by atoms with Crippen molar-refractivity contribution in [1.29, 1.82) is 0 Å². The van der Waals surface area contributed by atoms with Crippen molar-refractivity contribution in [1.82, 2.24) is 4.90 Å². The number of ether oxygens (including phenoxy) is 1. The number of hydrogen-bond donors (Lipinski definition) is 2. The minimum absolute atomic E-state index is 0.0268. The molecule has 5 nitrogen and oxygen atoms in total. The number of amides is 1. The number of rotatable bonds is 7. The number of aliphatic hydroxyl groups excluding tert-OH is 1. The van der Waals surface area contributed by atoms with Crippen LogP contribution in [0.4, 0.5) is 4.79 Å². The molecule has 0 radical (unpaired) electrons. The van der Waals surface area contributed by atoms with E-state index in [1.165, 1.54) is 4.90 Å². The van der Waals surface area contributed by atoms with Crippen molar-refractivity contribution in [2.75, 3.05) is 13.2 Å². The first kappa shape index (κ1) is 15.9. The highest BCUT2D eigenvalue weighted by molar-refractivity contribution is 5.65. The maximum Gasteiger partial charge on any atom is 0.407 e. The van der Waals surface area contributed by atoms with Gasteiger partial charge in [0, 0.05) is 19.7 Å². The molecular formula is C17H19NO4. The molecule has 2 N–H and O–H groups in total. The van der Waals surface area contributed by atoms with Crippen LogP contribution in [0, 0.1) is 0 Å². The van der Waals surface area contributed by atoms with E-state index in [0.717, 1.165) is 11.3 Å². The molecule has 0 bridgehead atoms. The summed E-state index contributed by atoms with van der Waals surface area (Å²) in [6.07, 6.45) is -0.574. The van der Waals surface area contributed by atoms with E-state index in [1.807, 2.05) is 54.6 Å². The molecule has 22 heavy (non-hydrogen) atoms. The number of aliphatic hydroxyl groups is 1. The van der Waals surface area contributed by atoms with Gasteiger partial charge in [-0.15, -0.1) is 0 Å². The Hall–Kier alpha value is -2.53. The Labute approximate surface area is 129 Å². The fourth-order valence-electron chi connectivity index (χ4n) is 2.06. The normalized spacial score (nSPS) is 10.2. The lowest BCUT2D eigenvalue weighted by Crippen LogP contribution is -2.30. The largest absolute Gasteiger partial charge is 0.465 e. The first-order chi connectivity index (χ1) is 10.7. The summed E-state index contributed by atoms with van der Waals surface area (Å²) >= 11 is 0. The quantitative estimate of drug-likeness (QED) is 0.823. The second-order valence-electron chi connectivity index (χ2n) is 4.84. The van der Waals surface area contributed by atoms with Gasteiger partial charge in [0.05, 0.1) is 0 Å². The second kappa shape index (κ2) is 8.05. The molecule has 1 amide bonds. The number of hydrogen-bond acceptors (Lipinski definition) is 3. The van der Waals surface area contributed by atoms with Crippen LogP contribution in [-0.4, -0.2) is 34.4 Å².